The number of aryl methyl sites for hydroxylation is 2. The summed E-state index contributed by atoms with van der Waals surface area (Å²) in [4.78, 5) is 22.6. The first-order valence-corrected chi connectivity index (χ1v) is 13.3. The Balaban J connectivity index is 1.38. The van der Waals surface area contributed by atoms with Crippen molar-refractivity contribution in [2.45, 2.75) is 124 Å². The maximum absolute atomic E-state index is 11.3. The van der Waals surface area contributed by atoms with Gasteiger partial charge in [0.25, 0.3) is 0 Å². The fourth-order valence-corrected chi connectivity index (χ4v) is 5.42. The van der Waals surface area contributed by atoms with Crippen LogP contribution < -0.4 is 0 Å². The van der Waals surface area contributed by atoms with Crippen molar-refractivity contribution >= 4 is 11.9 Å². The molecular formula is C29H44O4. The van der Waals surface area contributed by atoms with E-state index < -0.39 is 11.9 Å². The van der Waals surface area contributed by atoms with E-state index in [1.54, 1.807) is 0 Å². The molecule has 2 saturated carbocycles. The number of unbranched alkanes of at least 4 members (excludes halogenated alkanes) is 6. The Morgan fingerprint density at radius 1 is 0.636 bits per heavy atom. The summed E-state index contributed by atoms with van der Waals surface area (Å²) in [7, 11) is 0. The van der Waals surface area contributed by atoms with Crippen LogP contribution in [0.15, 0.2) is 6.07 Å². The summed E-state index contributed by atoms with van der Waals surface area (Å²) in [6.45, 7) is 6.75. The number of rotatable bonds is 16. The van der Waals surface area contributed by atoms with Crippen molar-refractivity contribution < 1.29 is 19.8 Å². The summed E-state index contributed by atoms with van der Waals surface area (Å²) in [5, 5.41) is 18.6. The third kappa shape index (κ3) is 6.61. The molecule has 0 bridgehead atoms. The fourth-order valence-electron chi connectivity index (χ4n) is 5.42. The van der Waals surface area contributed by atoms with Crippen LogP contribution in [0.1, 0.15) is 118 Å². The average Bonchev–Trinajstić information content (AvgIpc) is 3.69. The molecule has 0 radical (unpaired) electrons. The molecule has 0 heterocycles. The van der Waals surface area contributed by atoms with E-state index in [0.29, 0.717) is 0 Å². The Labute approximate surface area is 200 Å². The van der Waals surface area contributed by atoms with E-state index in [0.717, 1.165) is 77.0 Å². The van der Waals surface area contributed by atoms with Gasteiger partial charge in [0, 0.05) is 0 Å². The van der Waals surface area contributed by atoms with Crippen LogP contribution >= 0.6 is 0 Å². The molecule has 4 nitrogen and oxygen atoms in total. The maximum Gasteiger partial charge on any atom is 0.309 e. The van der Waals surface area contributed by atoms with Gasteiger partial charge >= 0.3 is 11.9 Å². The Kier molecular flexibility index (Phi) is 8.64. The molecule has 0 spiro atoms. The zero-order valence-electron chi connectivity index (χ0n) is 21.1. The van der Waals surface area contributed by atoms with Crippen LogP contribution in [-0.2, 0) is 22.4 Å². The molecule has 1 aromatic carbocycles. The van der Waals surface area contributed by atoms with Crippen LogP contribution in [-0.4, -0.2) is 22.2 Å². The lowest BCUT2D eigenvalue weighted by molar-refractivity contribution is -0.144. The Morgan fingerprint density at radius 2 is 1.00 bits per heavy atom. The number of aliphatic carboxylic acids is 2. The van der Waals surface area contributed by atoms with Crippen LogP contribution in [0.3, 0.4) is 0 Å². The standard InChI is InChI=1S/C29H44O4/c1-21-22(2)24(12-8-4-6-10-14-28(16-17-28)26(30)31)20-25(23(21)3)13-9-5-7-11-15-29(18-19-29)27(32)33/h20H,4-19H2,1-3H3,(H,30,31)(H,32,33). The van der Waals surface area contributed by atoms with Crippen LogP contribution in [0.25, 0.3) is 0 Å². The van der Waals surface area contributed by atoms with Gasteiger partial charge in [0.2, 0.25) is 0 Å². The number of carbonyl (C=O) groups is 2. The second kappa shape index (κ2) is 11.1. The van der Waals surface area contributed by atoms with Crippen molar-refractivity contribution in [3.8, 4) is 0 Å². The van der Waals surface area contributed by atoms with Crippen LogP contribution in [0.2, 0.25) is 0 Å². The van der Waals surface area contributed by atoms with Crippen molar-refractivity contribution in [2.75, 3.05) is 0 Å². The van der Waals surface area contributed by atoms with Gasteiger partial charge in [0.15, 0.2) is 0 Å². The molecule has 1 aromatic rings. The smallest absolute Gasteiger partial charge is 0.309 e. The lowest BCUT2D eigenvalue weighted by Crippen LogP contribution is -2.14. The number of hydrogen-bond donors (Lipinski definition) is 2. The Hall–Kier alpha value is -1.84. The van der Waals surface area contributed by atoms with E-state index in [1.807, 2.05) is 0 Å². The average molecular weight is 457 g/mol. The lowest BCUT2D eigenvalue weighted by Gasteiger charge is -2.17. The van der Waals surface area contributed by atoms with E-state index >= 15 is 0 Å². The van der Waals surface area contributed by atoms with Crippen molar-refractivity contribution in [1.82, 2.24) is 0 Å². The van der Waals surface area contributed by atoms with E-state index in [4.69, 9.17) is 0 Å². The topological polar surface area (TPSA) is 74.6 Å². The molecule has 184 valence electrons. The highest BCUT2D eigenvalue weighted by Gasteiger charge is 2.49. The molecule has 0 atom stereocenters. The van der Waals surface area contributed by atoms with E-state index in [-0.39, 0.29) is 10.8 Å². The highest BCUT2D eigenvalue weighted by atomic mass is 16.4. The van der Waals surface area contributed by atoms with Gasteiger partial charge in [0.1, 0.15) is 0 Å². The molecule has 0 saturated heterocycles. The Morgan fingerprint density at radius 3 is 1.33 bits per heavy atom. The van der Waals surface area contributed by atoms with Crippen molar-refractivity contribution in [2.24, 2.45) is 10.8 Å². The molecule has 2 fully saturated rings. The minimum Gasteiger partial charge on any atom is -0.481 e. The van der Waals surface area contributed by atoms with Gasteiger partial charge in [-0.15, -0.1) is 0 Å². The quantitative estimate of drug-likeness (QED) is 0.255. The largest absolute Gasteiger partial charge is 0.481 e. The maximum atomic E-state index is 11.3. The molecule has 0 aromatic heterocycles. The van der Waals surface area contributed by atoms with Gasteiger partial charge in [0.05, 0.1) is 10.8 Å². The van der Waals surface area contributed by atoms with Crippen molar-refractivity contribution in [1.29, 1.82) is 0 Å². The minimum atomic E-state index is -0.590. The SMILES string of the molecule is Cc1c(CCCCCCC2(C(=O)O)CC2)cc(CCCCCCC2(C(=O)O)CC2)c(C)c1C. The van der Waals surface area contributed by atoms with Gasteiger partial charge in [-0.2, -0.15) is 0 Å². The monoisotopic (exact) mass is 456 g/mol. The number of hydrogen-bond acceptors (Lipinski definition) is 2. The number of carboxylic acid groups (broad SMARTS) is 2. The van der Waals surface area contributed by atoms with E-state index in [9.17, 15) is 19.8 Å². The third-order valence-electron chi connectivity index (χ3n) is 8.75. The minimum absolute atomic E-state index is 0.366. The summed E-state index contributed by atoms with van der Waals surface area (Å²) >= 11 is 0. The fraction of sp³-hybridized carbons (Fsp3) is 0.724. The van der Waals surface area contributed by atoms with Crippen LogP contribution in [0.5, 0.6) is 0 Å². The predicted octanol–water partition coefficient (Wildman–Crippen LogP) is 7.33. The molecule has 3 rings (SSSR count). The zero-order valence-corrected chi connectivity index (χ0v) is 21.1. The van der Waals surface area contributed by atoms with Crippen molar-refractivity contribution in [3.63, 3.8) is 0 Å². The molecule has 0 unspecified atom stereocenters. The lowest BCUT2D eigenvalue weighted by atomic mass is 9.89. The van der Waals surface area contributed by atoms with Crippen LogP contribution in [0.4, 0.5) is 0 Å². The normalized spacial score (nSPS) is 17.7. The summed E-state index contributed by atoms with van der Waals surface area (Å²) in [6.07, 6.45) is 16.5. The van der Waals surface area contributed by atoms with Crippen LogP contribution in [0, 0.1) is 31.6 Å². The first-order chi connectivity index (χ1) is 15.7. The molecule has 4 heteroatoms. The van der Waals surface area contributed by atoms with Gasteiger partial charge < -0.3 is 10.2 Å². The highest BCUT2D eigenvalue weighted by molar-refractivity contribution is 5.78. The van der Waals surface area contributed by atoms with E-state index in [2.05, 4.69) is 26.8 Å². The molecule has 2 N–H and O–H groups in total. The van der Waals surface area contributed by atoms with Gasteiger partial charge in [-0.1, -0.05) is 44.6 Å². The summed E-state index contributed by atoms with van der Waals surface area (Å²) < 4.78 is 0. The first kappa shape index (κ1) is 25.8. The molecule has 0 amide bonds. The number of benzene rings is 1. The zero-order chi connectivity index (χ0) is 24.1. The molecule has 33 heavy (non-hydrogen) atoms. The molecule has 0 aliphatic heterocycles. The highest BCUT2D eigenvalue weighted by Crippen LogP contribution is 2.50. The molecule has 2 aliphatic rings. The van der Waals surface area contributed by atoms with Crippen molar-refractivity contribution in [3.05, 3.63) is 33.9 Å². The van der Waals surface area contributed by atoms with Gasteiger partial charge in [-0.3, -0.25) is 9.59 Å². The first-order valence-electron chi connectivity index (χ1n) is 13.3. The number of carboxylic acids is 2. The van der Waals surface area contributed by atoms with Gasteiger partial charge in [-0.05, 0) is 113 Å². The molecular weight excluding hydrogens is 412 g/mol. The predicted molar refractivity (Wildman–Crippen MR) is 133 cm³/mol. The second-order valence-electron chi connectivity index (χ2n) is 11.1. The van der Waals surface area contributed by atoms with E-state index in [1.165, 1.54) is 53.5 Å². The summed E-state index contributed by atoms with van der Waals surface area (Å²) in [5.41, 5.74) is 6.52. The third-order valence-corrected chi connectivity index (χ3v) is 8.75. The summed E-state index contributed by atoms with van der Waals surface area (Å²) in [5.74, 6) is -1.18. The summed E-state index contributed by atoms with van der Waals surface area (Å²) in [6, 6.07) is 2.44. The molecule has 2 aliphatic carbocycles. The second-order valence-corrected chi connectivity index (χ2v) is 11.1. The Bertz CT molecular complexity index is 779. The van der Waals surface area contributed by atoms with Gasteiger partial charge in [-0.25, -0.2) is 0 Å².